The summed E-state index contributed by atoms with van der Waals surface area (Å²) < 4.78 is 5.85. The molecule has 0 bridgehead atoms. The number of unbranched alkanes of at least 4 members (excludes halogenated alkanes) is 2. The second-order valence-corrected chi connectivity index (χ2v) is 5.45. The molecule has 0 aromatic heterocycles. The summed E-state index contributed by atoms with van der Waals surface area (Å²) in [5.74, 6) is 0.891. The van der Waals surface area contributed by atoms with Gasteiger partial charge in [0.25, 0.3) is 0 Å². The molecule has 1 atom stereocenters. The number of rotatable bonds is 8. The average molecular weight is 283 g/mol. The van der Waals surface area contributed by atoms with Crippen LogP contribution in [0, 0.1) is 0 Å². The molecule has 112 valence electrons. The van der Waals surface area contributed by atoms with Gasteiger partial charge >= 0.3 is 0 Å². The molecule has 0 spiro atoms. The van der Waals surface area contributed by atoms with Gasteiger partial charge < -0.3 is 10.5 Å². The molecule has 0 aliphatic heterocycles. The first-order valence-electron chi connectivity index (χ1n) is 7.82. The first-order valence-corrected chi connectivity index (χ1v) is 7.82. The normalized spacial score (nSPS) is 12.1. The van der Waals surface area contributed by atoms with E-state index in [0.29, 0.717) is 6.61 Å². The van der Waals surface area contributed by atoms with Crippen molar-refractivity contribution < 1.29 is 4.74 Å². The molecule has 2 nitrogen and oxygen atoms in total. The van der Waals surface area contributed by atoms with Crippen LogP contribution in [0.5, 0.6) is 5.75 Å². The van der Waals surface area contributed by atoms with Gasteiger partial charge in [-0.1, -0.05) is 68.7 Å². The zero-order valence-electron chi connectivity index (χ0n) is 12.8. The van der Waals surface area contributed by atoms with Crippen molar-refractivity contribution in [3.63, 3.8) is 0 Å². The number of hydrogen-bond donors (Lipinski definition) is 1. The fourth-order valence-corrected chi connectivity index (χ4v) is 2.36. The predicted octanol–water partition coefficient (Wildman–Crippen LogP) is 4.85. The van der Waals surface area contributed by atoms with Crippen molar-refractivity contribution in [1.29, 1.82) is 0 Å². The lowest BCUT2D eigenvalue weighted by atomic mass is 10.0. The van der Waals surface area contributed by atoms with Gasteiger partial charge in [-0.2, -0.15) is 0 Å². The standard InChI is InChI=1S/C19H25NO/c1-2-3-5-13-19(20)17-11-8-12-18(14-17)21-15-16-9-6-4-7-10-16/h4,6-12,14,19H,2-3,5,13,15,20H2,1H3. The van der Waals surface area contributed by atoms with Crippen LogP contribution in [-0.2, 0) is 6.61 Å². The minimum absolute atomic E-state index is 0.108. The molecule has 0 radical (unpaired) electrons. The van der Waals surface area contributed by atoms with E-state index in [0.717, 1.165) is 17.7 Å². The fourth-order valence-electron chi connectivity index (χ4n) is 2.36. The molecule has 2 N–H and O–H groups in total. The summed E-state index contributed by atoms with van der Waals surface area (Å²) in [5.41, 5.74) is 8.60. The van der Waals surface area contributed by atoms with E-state index in [4.69, 9.17) is 10.5 Å². The van der Waals surface area contributed by atoms with Gasteiger partial charge in [-0.15, -0.1) is 0 Å². The molecule has 2 heteroatoms. The van der Waals surface area contributed by atoms with Crippen LogP contribution < -0.4 is 10.5 Å². The summed E-state index contributed by atoms with van der Waals surface area (Å²) in [5, 5.41) is 0. The maximum Gasteiger partial charge on any atom is 0.120 e. The maximum absolute atomic E-state index is 6.26. The molecule has 2 rings (SSSR count). The highest BCUT2D eigenvalue weighted by molar-refractivity contribution is 5.30. The highest BCUT2D eigenvalue weighted by Crippen LogP contribution is 2.22. The molecule has 0 fully saturated rings. The lowest BCUT2D eigenvalue weighted by Crippen LogP contribution is -2.10. The Kier molecular flexibility index (Phi) is 6.29. The van der Waals surface area contributed by atoms with E-state index in [-0.39, 0.29) is 6.04 Å². The van der Waals surface area contributed by atoms with Crippen molar-refractivity contribution in [2.75, 3.05) is 0 Å². The van der Waals surface area contributed by atoms with E-state index in [9.17, 15) is 0 Å². The Morgan fingerprint density at radius 1 is 1.00 bits per heavy atom. The van der Waals surface area contributed by atoms with Crippen LogP contribution in [0.4, 0.5) is 0 Å². The van der Waals surface area contributed by atoms with E-state index < -0.39 is 0 Å². The number of ether oxygens (including phenoxy) is 1. The molecular weight excluding hydrogens is 258 g/mol. The number of hydrogen-bond acceptors (Lipinski definition) is 2. The largest absolute Gasteiger partial charge is 0.489 e. The Hall–Kier alpha value is -1.80. The van der Waals surface area contributed by atoms with Crippen molar-refractivity contribution in [1.82, 2.24) is 0 Å². The van der Waals surface area contributed by atoms with Crippen molar-refractivity contribution in [3.05, 3.63) is 65.7 Å². The molecule has 0 saturated heterocycles. The molecule has 0 amide bonds. The molecular formula is C19H25NO. The number of nitrogens with two attached hydrogens (primary N) is 1. The van der Waals surface area contributed by atoms with Gasteiger partial charge in [0.05, 0.1) is 0 Å². The minimum atomic E-state index is 0.108. The Morgan fingerprint density at radius 3 is 2.57 bits per heavy atom. The highest BCUT2D eigenvalue weighted by Gasteiger charge is 2.06. The van der Waals surface area contributed by atoms with Gasteiger partial charge in [-0.25, -0.2) is 0 Å². The summed E-state index contributed by atoms with van der Waals surface area (Å²) in [6, 6.07) is 18.5. The van der Waals surface area contributed by atoms with Crippen LogP contribution in [0.2, 0.25) is 0 Å². The molecule has 1 unspecified atom stereocenters. The quantitative estimate of drug-likeness (QED) is 0.703. The Bertz CT molecular complexity index is 524. The van der Waals surface area contributed by atoms with Crippen LogP contribution in [0.25, 0.3) is 0 Å². The summed E-state index contributed by atoms with van der Waals surface area (Å²) in [7, 11) is 0. The molecule has 2 aromatic carbocycles. The van der Waals surface area contributed by atoms with Crippen LogP contribution >= 0.6 is 0 Å². The average Bonchev–Trinajstić information content (AvgIpc) is 2.54. The van der Waals surface area contributed by atoms with Crippen molar-refractivity contribution >= 4 is 0 Å². The van der Waals surface area contributed by atoms with Crippen LogP contribution in [0.3, 0.4) is 0 Å². The van der Waals surface area contributed by atoms with E-state index in [2.05, 4.69) is 31.2 Å². The second kappa shape index (κ2) is 8.48. The van der Waals surface area contributed by atoms with Crippen LogP contribution in [-0.4, -0.2) is 0 Å². The Morgan fingerprint density at radius 2 is 1.81 bits per heavy atom. The highest BCUT2D eigenvalue weighted by atomic mass is 16.5. The van der Waals surface area contributed by atoms with E-state index in [1.807, 2.05) is 30.3 Å². The lowest BCUT2D eigenvalue weighted by molar-refractivity contribution is 0.305. The summed E-state index contributed by atoms with van der Waals surface area (Å²) in [4.78, 5) is 0. The third kappa shape index (κ3) is 5.24. The van der Waals surface area contributed by atoms with E-state index in [1.54, 1.807) is 0 Å². The number of benzene rings is 2. The van der Waals surface area contributed by atoms with Crippen molar-refractivity contribution in [3.8, 4) is 5.75 Å². The SMILES string of the molecule is CCCCCC(N)c1cccc(OCc2ccccc2)c1. The van der Waals surface area contributed by atoms with Gasteiger partial charge in [-0.3, -0.25) is 0 Å². The third-order valence-electron chi connectivity index (χ3n) is 3.65. The molecule has 0 aliphatic carbocycles. The second-order valence-electron chi connectivity index (χ2n) is 5.45. The first kappa shape index (κ1) is 15.6. The summed E-state index contributed by atoms with van der Waals surface area (Å²) >= 11 is 0. The topological polar surface area (TPSA) is 35.2 Å². The molecule has 0 aliphatic rings. The van der Waals surface area contributed by atoms with Crippen LogP contribution in [0.1, 0.15) is 49.8 Å². The summed E-state index contributed by atoms with van der Waals surface area (Å²) in [6.07, 6.45) is 4.70. The zero-order chi connectivity index (χ0) is 14.9. The van der Waals surface area contributed by atoms with Gasteiger partial charge in [0.1, 0.15) is 12.4 Å². The zero-order valence-corrected chi connectivity index (χ0v) is 12.8. The first-order chi connectivity index (χ1) is 10.3. The maximum atomic E-state index is 6.26. The van der Waals surface area contributed by atoms with E-state index in [1.165, 1.54) is 24.8 Å². The van der Waals surface area contributed by atoms with Gasteiger partial charge in [0.15, 0.2) is 0 Å². The van der Waals surface area contributed by atoms with Crippen LogP contribution in [0.15, 0.2) is 54.6 Å². The van der Waals surface area contributed by atoms with Gasteiger partial charge in [0, 0.05) is 6.04 Å². The third-order valence-corrected chi connectivity index (χ3v) is 3.65. The fraction of sp³-hybridized carbons (Fsp3) is 0.368. The molecule has 0 heterocycles. The minimum Gasteiger partial charge on any atom is -0.489 e. The smallest absolute Gasteiger partial charge is 0.120 e. The predicted molar refractivity (Wildman–Crippen MR) is 88.3 cm³/mol. The van der Waals surface area contributed by atoms with Crippen molar-refractivity contribution in [2.45, 2.75) is 45.3 Å². The molecule has 0 saturated carbocycles. The Labute approximate surface area is 127 Å². The van der Waals surface area contributed by atoms with Gasteiger partial charge in [-0.05, 0) is 29.7 Å². The lowest BCUT2D eigenvalue weighted by Gasteiger charge is -2.13. The molecule has 21 heavy (non-hydrogen) atoms. The summed E-state index contributed by atoms with van der Waals surface area (Å²) in [6.45, 7) is 2.80. The Balaban J connectivity index is 1.91. The monoisotopic (exact) mass is 283 g/mol. The molecule has 2 aromatic rings. The van der Waals surface area contributed by atoms with E-state index >= 15 is 0 Å². The van der Waals surface area contributed by atoms with Crippen molar-refractivity contribution in [2.24, 2.45) is 5.73 Å². The van der Waals surface area contributed by atoms with Gasteiger partial charge in [0.2, 0.25) is 0 Å².